The molecule has 2 N–H and O–H groups in total. The molecule has 0 aromatic rings. The molecule has 0 aliphatic carbocycles. The molecule has 0 saturated carbocycles. The summed E-state index contributed by atoms with van der Waals surface area (Å²) < 4.78 is 0. The summed E-state index contributed by atoms with van der Waals surface area (Å²) in [6.07, 6.45) is 2.92. The Morgan fingerprint density at radius 1 is 1.60 bits per heavy atom. The quantitative estimate of drug-likeness (QED) is 0.459. The number of hydrogen-bond donors (Lipinski definition) is 1. The maximum absolute atomic E-state index is 5.30. The SMILES string of the molecule is C=CC(N)=NC=NC(C)C. The van der Waals surface area contributed by atoms with E-state index >= 15 is 0 Å². The number of hydrogen-bond acceptors (Lipinski definition) is 1. The van der Waals surface area contributed by atoms with Gasteiger partial charge in [0.2, 0.25) is 0 Å². The molecule has 0 amide bonds. The van der Waals surface area contributed by atoms with Crippen LogP contribution in [0.5, 0.6) is 0 Å². The van der Waals surface area contributed by atoms with Crippen LogP contribution in [-0.2, 0) is 0 Å². The van der Waals surface area contributed by atoms with Crippen molar-refractivity contribution in [2.24, 2.45) is 15.7 Å². The first-order valence-corrected chi connectivity index (χ1v) is 3.14. The summed E-state index contributed by atoms with van der Waals surface area (Å²) in [6, 6.07) is 0.265. The predicted molar refractivity (Wildman–Crippen MR) is 45.4 cm³/mol. The van der Waals surface area contributed by atoms with Crippen molar-refractivity contribution in [3.8, 4) is 0 Å². The lowest BCUT2D eigenvalue weighted by atomic mass is 10.4. The minimum Gasteiger partial charge on any atom is -0.384 e. The number of aliphatic imine (C=N–C) groups is 2. The maximum Gasteiger partial charge on any atom is 0.124 e. The molecule has 0 aromatic carbocycles. The van der Waals surface area contributed by atoms with Gasteiger partial charge in [0.1, 0.15) is 12.2 Å². The smallest absolute Gasteiger partial charge is 0.124 e. The Balaban J connectivity index is 3.81. The van der Waals surface area contributed by atoms with Gasteiger partial charge < -0.3 is 5.73 Å². The first-order chi connectivity index (χ1) is 4.66. The molecule has 0 fully saturated rings. The Kier molecular flexibility index (Phi) is 4.20. The van der Waals surface area contributed by atoms with E-state index in [1.54, 1.807) is 0 Å². The summed E-state index contributed by atoms with van der Waals surface area (Å²) in [6.45, 7) is 7.38. The molecular weight excluding hydrogens is 126 g/mol. The van der Waals surface area contributed by atoms with E-state index in [0.717, 1.165) is 0 Å². The lowest BCUT2D eigenvalue weighted by molar-refractivity contribution is 0.839. The van der Waals surface area contributed by atoms with Crippen molar-refractivity contribution in [1.82, 2.24) is 0 Å². The zero-order valence-electron chi connectivity index (χ0n) is 6.41. The fourth-order valence-corrected chi connectivity index (χ4v) is 0.286. The summed E-state index contributed by atoms with van der Waals surface area (Å²) in [5.74, 6) is 0.393. The third kappa shape index (κ3) is 5.03. The van der Waals surface area contributed by atoms with Gasteiger partial charge in [0.15, 0.2) is 0 Å². The van der Waals surface area contributed by atoms with E-state index in [2.05, 4.69) is 16.6 Å². The van der Waals surface area contributed by atoms with Crippen molar-refractivity contribution < 1.29 is 0 Å². The number of nitrogens with zero attached hydrogens (tertiary/aromatic N) is 2. The summed E-state index contributed by atoms with van der Waals surface area (Å²) in [5, 5.41) is 0. The molecule has 56 valence electrons. The van der Waals surface area contributed by atoms with E-state index in [1.165, 1.54) is 12.4 Å². The zero-order valence-corrected chi connectivity index (χ0v) is 6.41. The van der Waals surface area contributed by atoms with Gasteiger partial charge >= 0.3 is 0 Å². The average molecular weight is 139 g/mol. The van der Waals surface area contributed by atoms with Crippen LogP contribution in [0.1, 0.15) is 13.8 Å². The third-order valence-corrected chi connectivity index (χ3v) is 0.781. The standard InChI is InChI=1S/C7H13N3/c1-4-7(8)10-5-9-6(2)3/h4-6H,1H2,2-3H3,(H2,8,9,10). The number of rotatable bonds is 3. The largest absolute Gasteiger partial charge is 0.384 e. The lowest BCUT2D eigenvalue weighted by Gasteiger charge is -1.90. The van der Waals surface area contributed by atoms with Crippen LogP contribution in [-0.4, -0.2) is 18.2 Å². The highest BCUT2D eigenvalue weighted by Gasteiger charge is 1.81. The van der Waals surface area contributed by atoms with Crippen LogP contribution in [0.2, 0.25) is 0 Å². The second kappa shape index (κ2) is 4.73. The van der Waals surface area contributed by atoms with Crippen molar-refractivity contribution >= 4 is 12.2 Å². The molecule has 0 bridgehead atoms. The van der Waals surface area contributed by atoms with Crippen molar-refractivity contribution in [3.63, 3.8) is 0 Å². The van der Waals surface area contributed by atoms with Crippen LogP contribution in [0, 0.1) is 0 Å². The van der Waals surface area contributed by atoms with Gasteiger partial charge in [-0.05, 0) is 19.9 Å². The van der Waals surface area contributed by atoms with Crippen molar-refractivity contribution in [1.29, 1.82) is 0 Å². The molecule has 0 radical (unpaired) electrons. The molecule has 3 nitrogen and oxygen atoms in total. The average Bonchev–Trinajstić information content (AvgIpc) is 1.87. The molecular formula is C7H13N3. The fourth-order valence-electron chi connectivity index (χ4n) is 0.286. The monoisotopic (exact) mass is 139 g/mol. The third-order valence-electron chi connectivity index (χ3n) is 0.781. The molecule has 0 aliphatic heterocycles. The van der Waals surface area contributed by atoms with E-state index in [9.17, 15) is 0 Å². The topological polar surface area (TPSA) is 50.7 Å². The van der Waals surface area contributed by atoms with Gasteiger partial charge in [-0.15, -0.1) is 0 Å². The Labute approximate surface area is 61.4 Å². The van der Waals surface area contributed by atoms with Gasteiger partial charge in [-0.1, -0.05) is 6.58 Å². The van der Waals surface area contributed by atoms with Gasteiger partial charge in [0.25, 0.3) is 0 Å². The maximum atomic E-state index is 5.30. The second-order valence-electron chi connectivity index (χ2n) is 2.12. The summed E-state index contributed by atoms with van der Waals surface area (Å²) in [7, 11) is 0. The van der Waals surface area contributed by atoms with Crippen molar-refractivity contribution in [2.45, 2.75) is 19.9 Å². The molecule has 10 heavy (non-hydrogen) atoms. The van der Waals surface area contributed by atoms with Crippen LogP contribution >= 0.6 is 0 Å². The normalized spacial score (nSPS) is 12.9. The van der Waals surface area contributed by atoms with E-state index in [4.69, 9.17) is 5.73 Å². The Bertz CT molecular complexity index is 156. The minimum atomic E-state index is 0.265. The molecule has 0 saturated heterocycles. The second-order valence-corrected chi connectivity index (χ2v) is 2.12. The van der Waals surface area contributed by atoms with Crippen LogP contribution < -0.4 is 5.73 Å². The Morgan fingerprint density at radius 2 is 2.20 bits per heavy atom. The van der Waals surface area contributed by atoms with Crippen LogP contribution in [0.4, 0.5) is 0 Å². The Morgan fingerprint density at radius 3 is 2.60 bits per heavy atom. The zero-order chi connectivity index (χ0) is 7.98. The molecule has 0 rings (SSSR count). The molecule has 0 unspecified atom stereocenters. The molecule has 0 atom stereocenters. The van der Waals surface area contributed by atoms with E-state index in [-0.39, 0.29) is 6.04 Å². The molecule has 3 heteroatoms. The highest BCUT2D eigenvalue weighted by Crippen LogP contribution is 1.82. The summed E-state index contributed by atoms with van der Waals surface area (Å²) in [5.41, 5.74) is 5.30. The number of nitrogens with two attached hydrogens (primary N) is 1. The van der Waals surface area contributed by atoms with E-state index in [1.807, 2.05) is 13.8 Å². The van der Waals surface area contributed by atoms with Crippen LogP contribution in [0.3, 0.4) is 0 Å². The van der Waals surface area contributed by atoms with E-state index in [0.29, 0.717) is 5.84 Å². The Hall–Kier alpha value is -1.12. The molecule has 0 heterocycles. The van der Waals surface area contributed by atoms with E-state index < -0.39 is 0 Å². The summed E-state index contributed by atoms with van der Waals surface area (Å²) in [4.78, 5) is 7.74. The predicted octanol–water partition coefficient (Wildman–Crippen LogP) is 0.966. The van der Waals surface area contributed by atoms with Crippen molar-refractivity contribution in [3.05, 3.63) is 12.7 Å². The van der Waals surface area contributed by atoms with Crippen LogP contribution in [0.25, 0.3) is 0 Å². The van der Waals surface area contributed by atoms with Crippen LogP contribution in [0.15, 0.2) is 22.6 Å². The molecule has 0 spiro atoms. The van der Waals surface area contributed by atoms with Gasteiger partial charge in [0.05, 0.1) is 0 Å². The van der Waals surface area contributed by atoms with Gasteiger partial charge in [0, 0.05) is 6.04 Å². The fraction of sp³-hybridized carbons (Fsp3) is 0.429. The highest BCUT2D eigenvalue weighted by molar-refractivity contribution is 5.95. The highest BCUT2D eigenvalue weighted by atomic mass is 14.9. The molecule has 0 aliphatic rings. The lowest BCUT2D eigenvalue weighted by Crippen LogP contribution is -2.06. The minimum absolute atomic E-state index is 0.265. The van der Waals surface area contributed by atoms with Gasteiger partial charge in [-0.2, -0.15) is 0 Å². The first-order valence-electron chi connectivity index (χ1n) is 3.14. The number of amidine groups is 1. The van der Waals surface area contributed by atoms with Crippen molar-refractivity contribution in [2.75, 3.05) is 0 Å². The van der Waals surface area contributed by atoms with Gasteiger partial charge in [-0.3, -0.25) is 4.99 Å². The molecule has 0 aromatic heterocycles. The summed E-state index contributed by atoms with van der Waals surface area (Å²) >= 11 is 0. The first kappa shape index (κ1) is 8.88. The van der Waals surface area contributed by atoms with Gasteiger partial charge in [-0.25, -0.2) is 4.99 Å².